The lowest BCUT2D eigenvalue weighted by Crippen LogP contribution is -2.54. The number of alkyl halides is 1. The first-order valence-electron chi connectivity index (χ1n) is 15.5. The van der Waals surface area contributed by atoms with Gasteiger partial charge in [-0.1, -0.05) is 18.8 Å². The summed E-state index contributed by atoms with van der Waals surface area (Å²) >= 11 is 0. The second-order valence-electron chi connectivity index (χ2n) is 13.1. The molecule has 2 saturated heterocycles. The summed E-state index contributed by atoms with van der Waals surface area (Å²) in [6.45, 7) is 0. The number of hydrogen-bond donors (Lipinski definition) is 7. The Morgan fingerprint density at radius 3 is 1.86 bits per heavy atom. The van der Waals surface area contributed by atoms with Crippen molar-refractivity contribution in [1.29, 1.82) is 0 Å². The summed E-state index contributed by atoms with van der Waals surface area (Å²) in [5.41, 5.74) is 6.29. The van der Waals surface area contributed by atoms with E-state index < -0.39 is 6.17 Å². The molecule has 4 aliphatic carbocycles. The van der Waals surface area contributed by atoms with E-state index in [0.717, 1.165) is 38.5 Å². The van der Waals surface area contributed by atoms with Crippen LogP contribution in [-0.4, -0.2) is 67.0 Å². The van der Waals surface area contributed by atoms with Gasteiger partial charge in [0.25, 0.3) is 0 Å². The van der Waals surface area contributed by atoms with E-state index in [0.29, 0.717) is 79.3 Å². The SMILES string of the molecule is C#CC(NC1CCC(F)CC1)N[C@H]1CCC2NC(C3CCCCC3C3NC4CCC(N)CC4N3)NC2C1. The molecule has 2 heterocycles. The number of nitrogens with two attached hydrogens (primary N) is 1. The van der Waals surface area contributed by atoms with E-state index in [1.165, 1.54) is 38.5 Å². The van der Waals surface area contributed by atoms with Crippen LogP contribution < -0.4 is 37.6 Å². The van der Waals surface area contributed by atoms with Crippen molar-refractivity contribution in [2.24, 2.45) is 17.6 Å². The average Bonchev–Trinajstić information content (AvgIpc) is 3.53. The fourth-order valence-electron chi connectivity index (χ4n) is 8.66. The van der Waals surface area contributed by atoms with Gasteiger partial charge in [0.2, 0.25) is 0 Å². The largest absolute Gasteiger partial charge is 0.328 e. The molecule has 0 aromatic carbocycles. The van der Waals surface area contributed by atoms with Gasteiger partial charge in [0, 0.05) is 42.3 Å². The van der Waals surface area contributed by atoms with Crippen molar-refractivity contribution in [3.8, 4) is 12.3 Å². The molecule has 8 N–H and O–H groups in total. The minimum absolute atomic E-state index is 0.133. The number of fused-ring (bicyclic) bond motifs is 2. The normalized spacial score (nSPS) is 49.1. The first kappa shape index (κ1) is 26.4. The number of nitrogens with one attached hydrogen (secondary N) is 6. The van der Waals surface area contributed by atoms with Gasteiger partial charge in [0.15, 0.2) is 0 Å². The van der Waals surface area contributed by atoms with E-state index in [-0.39, 0.29) is 6.17 Å². The number of terminal acetylenes is 1. The first-order valence-corrected chi connectivity index (χ1v) is 15.5. The van der Waals surface area contributed by atoms with Gasteiger partial charge in [0.1, 0.15) is 12.3 Å². The van der Waals surface area contributed by atoms with Crippen LogP contribution in [0.15, 0.2) is 0 Å². The smallest absolute Gasteiger partial charge is 0.121 e. The molecule has 0 aromatic rings. The third kappa shape index (κ3) is 6.04. The van der Waals surface area contributed by atoms with Gasteiger partial charge in [-0.3, -0.25) is 31.9 Å². The predicted molar refractivity (Wildman–Crippen MR) is 146 cm³/mol. The van der Waals surface area contributed by atoms with Crippen molar-refractivity contribution in [2.75, 3.05) is 0 Å². The maximum atomic E-state index is 13.5. The molecule has 6 aliphatic rings. The molecule has 0 amide bonds. The summed E-state index contributed by atoms with van der Waals surface area (Å²) in [4.78, 5) is 0. The highest BCUT2D eigenvalue weighted by molar-refractivity contribution is 5.07. The van der Waals surface area contributed by atoms with Gasteiger partial charge < -0.3 is 5.73 Å². The van der Waals surface area contributed by atoms with Gasteiger partial charge in [-0.15, -0.1) is 6.42 Å². The zero-order chi connectivity index (χ0) is 25.4. The van der Waals surface area contributed by atoms with Crippen LogP contribution in [0.1, 0.15) is 89.9 Å². The molecule has 0 aromatic heterocycles. The van der Waals surface area contributed by atoms with Crippen molar-refractivity contribution in [3.05, 3.63) is 0 Å². The molecule has 0 bridgehead atoms. The Bertz CT molecular complexity index is 798. The monoisotopic (exact) mass is 515 g/mol. The minimum Gasteiger partial charge on any atom is -0.328 e. The third-order valence-corrected chi connectivity index (χ3v) is 10.7. The van der Waals surface area contributed by atoms with E-state index >= 15 is 0 Å². The Hall–Kier alpha value is -0.790. The standard InChI is InChI=1S/C29H50FN7/c1-2-27(32-19-10-7-17(30)8-11-19)33-20-12-14-24-26(16-20)37-29(35-24)22-6-4-3-5-21(22)28-34-23-13-9-18(31)15-25(23)36-28/h1,17-29,32-37H,3-16,31H2/t17?,18?,19?,20-,21?,22?,23?,24?,25?,26?,27?,28?,29?/m0/s1. The second kappa shape index (κ2) is 11.8. The highest BCUT2D eigenvalue weighted by atomic mass is 19.1. The van der Waals surface area contributed by atoms with Crippen molar-refractivity contribution in [2.45, 2.75) is 157 Å². The van der Waals surface area contributed by atoms with Crippen LogP contribution in [0.4, 0.5) is 4.39 Å². The van der Waals surface area contributed by atoms with Crippen LogP contribution in [0, 0.1) is 24.2 Å². The van der Waals surface area contributed by atoms with Crippen LogP contribution in [-0.2, 0) is 0 Å². The van der Waals surface area contributed by atoms with E-state index in [4.69, 9.17) is 12.2 Å². The first-order chi connectivity index (χ1) is 18.1. The molecular weight excluding hydrogens is 465 g/mol. The molecule has 8 heteroatoms. The molecule has 7 nitrogen and oxygen atoms in total. The lowest BCUT2D eigenvalue weighted by molar-refractivity contribution is 0.131. The van der Waals surface area contributed by atoms with Crippen LogP contribution in [0.5, 0.6) is 0 Å². The lowest BCUT2D eigenvalue weighted by atomic mass is 9.75. The van der Waals surface area contributed by atoms with Crippen molar-refractivity contribution in [1.82, 2.24) is 31.9 Å². The summed E-state index contributed by atoms with van der Waals surface area (Å²) in [6, 6.07) is 3.27. The van der Waals surface area contributed by atoms with Crippen molar-refractivity contribution < 1.29 is 4.39 Å². The summed E-state index contributed by atoms with van der Waals surface area (Å²) in [5.74, 6) is 4.22. The summed E-state index contributed by atoms with van der Waals surface area (Å²) in [6.07, 6.45) is 21.2. The molecule has 37 heavy (non-hydrogen) atoms. The Morgan fingerprint density at radius 2 is 1.22 bits per heavy atom. The molecule has 11 atom stereocenters. The van der Waals surface area contributed by atoms with Gasteiger partial charge in [-0.25, -0.2) is 4.39 Å². The number of hydrogen-bond acceptors (Lipinski definition) is 7. The molecule has 4 saturated carbocycles. The Morgan fingerprint density at radius 1 is 0.676 bits per heavy atom. The quantitative estimate of drug-likeness (QED) is 0.214. The number of halogens is 1. The van der Waals surface area contributed by atoms with E-state index in [1.807, 2.05) is 0 Å². The molecular formula is C29H50FN7. The van der Waals surface area contributed by atoms with E-state index in [2.05, 4.69) is 37.8 Å². The topological polar surface area (TPSA) is 98.2 Å². The Balaban J connectivity index is 1.02. The van der Waals surface area contributed by atoms with Crippen LogP contribution in [0.2, 0.25) is 0 Å². The molecule has 208 valence electrons. The molecule has 6 rings (SSSR count). The van der Waals surface area contributed by atoms with Gasteiger partial charge in [-0.2, -0.15) is 0 Å². The highest BCUT2D eigenvalue weighted by Gasteiger charge is 2.47. The van der Waals surface area contributed by atoms with Crippen molar-refractivity contribution >= 4 is 0 Å². The van der Waals surface area contributed by atoms with Gasteiger partial charge in [0.05, 0.1) is 12.3 Å². The van der Waals surface area contributed by atoms with Crippen LogP contribution >= 0.6 is 0 Å². The van der Waals surface area contributed by atoms with Gasteiger partial charge in [-0.05, 0) is 88.9 Å². The second-order valence-corrected chi connectivity index (χ2v) is 13.1. The van der Waals surface area contributed by atoms with E-state index in [1.54, 1.807) is 0 Å². The Kier molecular flexibility index (Phi) is 8.40. The van der Waals surface area contributed by atoms with Crippen LogP contribution in [0.3, 0.4) is 0 Å². The summed E-state index contributed by atoms with van der Waals surface area (Å²) < 4.78 is 13.5. The molecule has 10 unspecified atom stereocenters. The minimum atomic E-state index is -0.633. The molecule has 2 aliphatic heterocycles. The predicted octanol–water partition coefficient (Wildman–Crippen LogP) is 1.79. The molecule has 0 radical (unpaired) electrons. The average molecular weight is 516 g/mol. The Labute approximate surface area is 223 Å². The third-order valence-electron chi connectivity index (χ3n) is 10.7. The maximum absolute atomic E-state index is 13.5. The van der Waals surface area contributed by atoms with Crippen molar-refractivity contribution in [3.63, 3.8) is 0 Å². The fraction of sp³-hybridized carbons (Fsp3) is 0.931. The van der Waals surface area contributed by atoms with Crippen LogP contribution in [0.25, 0.3) is 0 Å². The zero-order valence-corrected chi connectivity index (χ0v) is 22.4. The summed E-state index contributed by atoms with van der Waals surface area (Å²) in [5, 5.41) is 23.4. The molecule has 6 fully saturated rings. The zero-order valence-electron chi connectivity index (χ0n) is 22.4. The van der Waals surface area contributed by atoms with E-state index in [9.17, 15) is 4.39 Å². The number of rotatable bonds is 6. The fourth-order valence-corrected chi connectivity index (χ4v) is 8.66. The summed E-state index contributed by atoms with van der Waals surface area (Å²) in [7, 11) is 0. The molecule has 0 spiro atoms. The highest BCUT2D eigenvalue weighted by Crippen LogP contribution is 2.39. The lowest BCUT2D eigenvalue weighted by Gasteiger charge is -2.39. The maximum Gasteiger partial charge on any atom is 0.121 e. The van der Waals surface area contributed by atoms with Gasteiger partial charge >= 0.3 is 0 Å².